The summed E-state index contributed by atoms with van der Waals surface area (Å²) in [6, 6.07) is 2.27. The van der Waals surface area contributed by atoms with Gasteiger partial charge in [0.1, 0.15) is 11.6 Å². The van der Waals surface area contributed by atoms with Crippen LogP contribution in [0.2, 0.25) is 0 Å². The predicted octanol–water partition coefficient (Wildman–Crippen LogP) is 3.42. The van der Waals surface area contributed by atoms with Crippen LogP contribution >= 0.6 is 0 Å². The van der Waals surface area contributed by atoms with Crippen LogP contribution in [-0.4, -0.2) is 78.8 Å². The summed E-state index contributed by atoms with van der Waals surface area (Å²) in [4.78, 5) is 30.8. The minimum atomic E-state index is -0.843. The third-order valence-electron chi connectivity index (χ3n) is 8.94. The molecule has 1 atom stereocenters. The summed E-state index contributed by atoms with van der Waals surface area (Å²) in [5.41, 5.74) is -0.843. The molecule has 196 valence electrons. The zero-order chi connectivity index (χ0) is 24.7. The van der Waals surface area contributed by atoms with Gasteiger partial charge >= 0.3 is 6.03 Å². The molecule has 0 aromatic heterocycles. The Morgan fingerprint density at radius 3 is 2.29 bits per heavy atom. The fourth-order valence-corrected chi connectivity index (χ4v) is 6.46. The number of ether oxygens (including phenoxy) is 1. The lowest BCUT2D eigenvalue weighted by atomic mass is 9.82. The Kier molecular flexibility index (Phi) is 9.29. The van der Waals surface area contributed by atoms with E-state index in [0.29, 0.717) is 57.5 Å². The van der Waals surface area contributed by atoms with Crippen molar-refractivity contribution in [2.45, 2.75) is 102 Å². The Morgan fingerprint density at radius 1 is 1.00 bits per heavy atom. The van der Waals surface area contributed by atoms with Crippen LogP contribution in [0.3, 0.4) is 0 Å². The Bertz CT molecular complexity index is 740. The monoisotopic (exact) mass is 487 g/mol. The highest BCUT2D eigenvalue weighted by Gasteiger charge is 2.40. The number of likely N-dealkylation sites (tertiary alicyclic amines) is 1. The number of nitrogens with zero attached hydrogens (tertiary/aromatic N) is 3. The second kappa shape index (κ2) is 12.4. The van der Waals surface area contributed by atoms with E-state index < -0.39 is 11.6 Å². The number of hydrogen-bond acceptors (Lipinski definition) is 5. The largest absolute Gasteiger partial charge is 0.378 e. The third kappa shape index (κ3) is 7.10. The van der Waals surface area contributed by atoms with Gasteiger partial charge in [-0.05, 0) is 56.8 Å². The number of urea groups is 1. The Hall–Kier alpha value is -1.85. The Labute approximate surface area is 211 Å². The van der Waals surface area contributed by atoms with E-state index in [2.05, 4.69) is 28.5 Å². The Balaban J connectivity index is 1.36. The summed E-state index contributed by atoms with van der Waals surface area (Å²) < 4.78 is 5.37. The first-order valence-electron chi connectivity index (χ1n) is 14.1. The van der Waals surface area contributed by atoms with E-state index >= 15 is 0 Å². The van der Waals surface area contributed by atoms with Crippen molar-refractivity contribution in [3.63, 3.8) is 0 Å². The topological polar surface area (TPSA) is 97.7 Å². The van der Waals surface area contributed by atoms with Crippen LogP contribution in [0.4, 0.5) is 4.79 Å². The molecule has 4 fully saturated rings. The summed E-state index contributed by atoms with van der Waals surface area (Å²) in [7, 11) is 0. The molecule has 2 aliphatic carbocycles. The molecule has 0 bridgehead atoms. The number of nitrogens with one attached hydrogen (secondary N) is 2. The standard InChI is InChI=1S/C27H45N5O3/c1-21-7-9-23(10-8-21)31-13-11-27(20-28,12-14-31)30-25(33)24(19-22-5-3-2-4-6-22)29-26(34)32-15-17-35-18-16-32/h21-24H,2-19H2,1H3,(H,29,34)(H,30,33). The van der Waals surface area contributed by atoms with Gasteiger partial charge in [0, 0.05) is 32.2 Å². The smallest absolute Gasteiger partial charge is 0.318 e. The SMILES string of the molecule is CC1CCC(N2CCC(C#N)(NC(=O)C(CC3CCCCC3)NC(=O)N3CCOCC3)CC2)CC1. The predicted molar refractivity (Wildman–Crippen MR) is 135 cm³/mol. The van der Waals surface area contributed by atoms with Crippen LogP contribution in [0.5, 0.6) is 0 Å². The highest BCUT2D eigenvalue weighted by molar-refractivity contribution is 5.87. The first-order valence-corrected chi connectivity index (χ1v) is 14.1. The first-order chi connectivity index (χ1) is 17.0. The Morgan fingerprint density at radius 2 is 1.66 bits per heavy atom. The van der Waals surface area contributed by atoms with E-state index in [0.717, 1.165) is 31.8 Å². The van der Waals surface area contributed by atoms with E-state index in [1.165, 1.54) is 44.9 Å². The molecule has 35 heavy (non-hydrogen) atoms. The van der Waals surface area contributed by atoms with Crippen molar-refractivity contribution in [2.75, 3.05) is 39.4 Å². The second-order valence-electron chi connectivity index (χ2n) is 11.5. The van der Waals surface area contributed by atoms with Crippen LogP contribution in [-0.2, 0) is 9.53 Å². The molecule has 1 unspecified atom stereocenters. The number of rotatable bonds is 6. The van der Waals surface area contributed by atoms with E-state index in [9.17, 15) is 14.9 Å². The lowest BCUT2D eigenvalue weighted by molar-refractivity contribution is -0.125. The molecule has 8 heteroatoms. The molecular formula is C27H45N5O3. The molecule has 0 radical (unpaired) electrons. The molecule has 3 amide bonds. The van der Waals surface area contributed by atoms with Crippen LogP contribution in [0, 0.1) is 23.2 Å². The number of hydrogen-bond donors (Lipinski definition) is 2. The minimum Gasteiger partial charge on any atom is -0.378 e. The van der Waals surface area contributed by atoms with Gasteiger partial charge in [-0.1, -0.05) is 39.0 Å². The number of carbonyl (C=O) groups is 2. The molecule has 0 aromatic rings. The fourth-order valence-electron chi connectivity index (χ4n) is 6.46. The lowest BCUT2D eigenvalue weighted by Gasteiger charge is -2.43. The zero-order valence-electron chi connectivity index (χ0n) is 21.6. The maximum absolute atomic E-state index is 13.6. The molecule has 2 saturated carbocycles. The summed E-state index contributed by atoms with van der Waals surface area (Å²) in [5, 5.41) is 16.3. The first kappa shape index (κ1) is 26.2. The van der Waals surface area contributed by atoms with E-state index in [1.54, 1.807) is 4.90 Å². The molecule has 0 aromatic carbocycles. The van der Waals surface area contributed by atoms with Gasteiger partial charge < -0.3 is 25.2 Å². The average molecular weight is 488 g/mol. The summed E-state index contributed by atoms with van der Waals surface area (Å²) >= 11 is 0. The van der Waals surface area contributed by atoms with Gasteiger partial charge in [-0.15, -0.1) is 0 Å². The van der Waals surface area contributed by atoms with E-state index in [-0.39, 0.29) is 11.9 Å². The van der Waals surface area contributed by atoms with Gasteiger partial charge in [0.2, 0.25) is 5.91 Å². The van der Waals surface area contributed by atoms with Crippen LogP contribution in [0.15, 0.2) is 0 Å². The second-order valence-corrected chi connectivity index (χ2v) is 11.5. The number of nitriles is 1. The lowest BCUT2D eigenvalue weighted by Crippen LogP contribution is -2.61. The van der Waals surface area contributed by atoms with Crippen LogP contribution in [0.25, 0.3) is 0 Å². The van der Waals surface area contributed by atoms with Crippen molar-refractivity contribution >= 4 is 11.9 Å². The number of morpholine rings is 1. The summed E-state index contributed by atoms with van der Waals surface area (Å²) in [6.07, 6.45) is 12.8. The highest BCUT2D eigenvalue weighted by Crippen LogP contribution is 2.32. The summed E-state index contributed by atoms with van der Waals surface area (Å²) in [6.45, 7) is 6.18. The van der Waals surface area contributed by atoms with Crippen molar-refractivity contribution in [1.29, 1.82) is 5.26 Å². The molecule has 4 rings (SSSR count). The maximum atomic E-state index is 13.6. The van der Waals surface area contributed by atoms with Gasteiger partial charge in [-0.3, -0.25) is 4.79 Å². The summed E-state index contributed by atoms with van der Waals surface area (Å²) in [5.74, 6) is 1.07. The highest BCUT2D eigenvalue weighted by atomic mass is 16.5. The average Bonchev–Trinajstić information content (AvgIpc) is 2.90. The van der Waals surface area contributed by atoms with Crippen LogP contribution in [0.1, 0.15) is 84.0 Å². The van der Waals surface area contributed by atoms with Gasteiger partial charge in [0.25, 0.3) is 0 Å². The number of piperidine rings is 1. The maximum Gasteiger partial charge on any atom is 0.318 e. The van der Waals surface area contributed by atoms with Gasteiger partial charge in [0.05, 0.1) is 19.3 Å². The molecule has 4 aliphatic rings. The number of amides is 3. The molecule has 8 nitrogen and oxygen atoms in total. The van der Waals surface area contributed by atoms with Gasteiger partial charge in [-0.2, -0.15) is 5.26 Å². The molecule has 0 spiro atoms. The van der Waals surface area contributed by atoms with Crippen LogP contribution < -0.4 is 10.6 Å². The zero-order valence-corrected chi connectivity index (χ0v) is 21.6. The van der Waals surface area contributed by atoms with Crippen molar-refractivity contribution in [3.05, 3.63) is 0 Å². The van der Waals surface area contributed by atoms with Gasteiger partial charge in [0.15, 0.2) is 0 Å². The molecule has 2 aliphatic heterocycles. The normalized spacial score (nSPS) is 29.1. The van der Waals surface area contributed by atoms with Crippen molar-refractivity contribution in [1.82, 2.24) is 20.4 Å². The van der Waals surface area contributed by atoms with Crippen molar-refractivity contribution < 1.29 is 14.3 Å². The quantitative estimate of drug-likeness (QED) is 0.598. The molecule has 2 saturated heterocycles. The van der Waals surface area contributed by atoms with Gasteiger partial charge in [-0.25, -0.2) is 4.79 Å². The third-order valence-corrected chi connectivity index (χ3v) is 8.94. The fraction of sp³-hybridized carbons (Fsp3) is 0.889. The van der Waals surface area contributed by atoms with E-state index in [1.807, 2.05) is 0 Å². The van der Waals surface area contributed by atoms with Crippen molar-refractivity contribution in [2.24, 2.45) is 11.8 Å². The number of carbonyl (C=O) groups excluding carboxylic acids is 2. The van der Waals surface area contributed by atoms with Crippen molar-refractivity contribution in [3.8, 4) is 6.07 Å². The molecular weight excluding hydrogens is 442 g/mol. The van der Waals surface area contributed by atoms with E-state index in [4.69, 9.17) is 4.74 Å². The molecule has 2 N–H and O–H groups in total. The molecule has 2 heterocycles. The minimum absolute atomic E-state index is 0.196.